The number of hydrogen-bond acceptors (Lipinski definition) is 3. The van der Waals surface area contributed by atoms with Crippen molar-refractivity contribution in [3.8, 4) is 5.69 Å². The van der Waals surface area contributed by atoms with Gasteiger partial charge >= 0.3 is 0 Å². The van der Waals surface area contributed by atoms with E-state index in [0.717, 1.165) is 17.8 Å². The molecule has 1 fully saturated rings. The number of nitrogens with two attached hydrogens (primary N) is 1. The van der Waals surface area contributed by atoms with Gasteiger partial charge in [-0.25, -0.2) is 9.07 Å². The van der Waals surface area contributed by atoms with Gasteiger partial charge in [0, 0.05) is 13.1 Å². The molecule has 5 nitrogen and oxygen atoms in total. The molecule has 26 heavy (non-hydrogen) atoms. The molecule has 7 heteroatoms. The van der Waals surface area contributed by atoms with Gasteiger partial charge in [-0.2, -0.15) is 5.10 Å². The van der Waals surface area contributed by atoms with Crippen molar-refractivity contribution in [2.24, 2.45) is 11.1 Å². The second-order valence-electron chi connectivity index (χ2n) is 7.48. The number of likely N-dealkylation sites (tertiary alicyclic amines) is 1. The van der Waals surface area contributed by atoms with Gasteiger partial charge in [0.25, 0.3) is 5.91 Å². The van der Waals surface area contributed by atoms with Crippen LogP contribution in [0.15, 0.2) is 30.5 Å². The van der Waals surface area contributed by atoms with E-state index >= 15 is 0 Å². The molecule has 1 aliphatic heterocycles. The minimum absolute atomic E-state index is 0. The van der Waals surface area contributed by atoms with E-state index in [1.54, 1.807) is 23.0 Å². The van der Waals surface area contributed by atoms with E-state index in [4.69, 9.17) is 5.73 Å². The average Bonchev–Trinajstić information content (AvgIpc) is 3.20. The first-order chi connectivity index (χ1) is 11.8. The molecule has 1 aromatic heterocycles. The maximum atomic E-state index is 13.2. The number of carbonyl (C=O) groups excluding carboxylic acids is 1. The fourth-order valence-corrected chi connectivity index (χ4v) is 3.40. The summed E-state index contributed by atoms with van der Waals surface area (Å²) in [6, 6.07) is 6.14. The number of carbonyl (C=O) groups is 1. The highest BCUT2D eigenvalue weighted by molar-refractivity contribution is 5.95. The predicted molar refractivity (Wildman–Crippen MR) is 103 cm³/mol. The van der Waals surface area contributed by atoms with Crippen molar-refractivity contribution in [2.45, 2.75) is 33.1 Å². The van der Waals surface area contributed by atoms with Crippen LogP contribution in [0, 0.1) is 11.2 Å². The maximum absolute atomic E-state index is 13.2. The summed E-state index contributed by atoms with van der Waals surface area (Å²) in [5, 5.41) is 4.41. The first-order valence-electron chi connectivity index (χ1n) is 8.68. The van der Waals surface area contributed by atoms with Gasteiger partial charge in [0.05, 0.1) is 23.1 Å². The molecular weight excluding hydrogens is 355 g/mol. The SMILES string of the molecule is CC(C)c1c(C(=O)N2CCC(C)(CN)C2)cnn1-c1ccc(F)cc1.Cl. The van der Waals surface area contributed by atoms with E-state index in [1.165, 1.54) is 12.1 Å². The number of halogens is 2. The van der Waals surface area contributed by atoms with Gasteiger partial charge in [-0.3, -0.25) is 4.79 Å². The number of hydrogen-bond donors (Lipinski definition) is 1. The molecule has 142 valence electrons. The molecule has 1 aromatic carbocycles. The number of benzene rings is 1. The van der Waals surface area contributed by atoms with Crippen LogP contribution in [0.25, 0.3) is 5.69 Å². The molecule has 1 amide bonds. The lowest BCUT2D eigenvalue weighted by Gasteiger charge is -2.23. The lowest BCUT2D eigenvalue weighted by atomic mass is 9.90. The van der Waals surface area contributed by atoms with E-state index in [9.17, 15) is 9.18 Å². The second kappa shape index (κ2) is 7.76. The highest BCUT2D eigenvalue weighted by atomic mass is 35.5. The van der Waals surface area contributed by atoms with Crippen molar-refractivity contribution >= 4 is 18.3 Å². The van der Waals surface area contributed by atoms with Crippen LogP contribution >= 0.6 is 12.4 Å². The van der Waals surface area contributed by atoms with Gasteiger partial charge < -0.3 is 10.6 Å². The maximum Gasteiger partial charge on any atom is 0.257 e. The smallest absolute Gasteiger partial charge is 0.257 e. The summed E-state index contributed by atoms with van der Waals surface area (Å²) in [4.78, 5) is 14.9. The van der Waals surface area contributed by atoms with Crippen LogP contribution in [-0.4, -0.2) is 40.2 Å². The Balaban J connectivity index is 0.00000243. The van der Waals surface area contributed by atoms with Crippen LogP contribution < -0.4 is 5.73 Å². The highest BCUT2D eigenvalue weighted by Gasteiger charge is 2.36. The zero-order valence-corrected chi connectivity index (χ0v) is 16.2. The first-order valence-corrected chi connectivity index (χ1v) is 8.68. The molecule has 0 radical (unpaired) electrons. The molecule has 2 aromatic rings. The molecule has 2 N–H and O–H groups in total. The summed E-state index contributed by atoms with van der Waals surface area (Å²) in [6.07, 6.45) is 2.54. The van der Waals surface area contributed by atoms with Crippen LogP contribution in [0.4, 0.5) is 4.39 Å². The van der Waals surface area contributed by atoms with E-state index in [0.29, 0.717) is 25.2 Å². The quantitative estimate of drug-likeness (QED) is 0.884. The third kappa shape index (κ3) is 3.76. The van der Waals surface area contributed by atoms with Gasteiger partial charge in [0.15, 0.2) is 0 Å². The van der Waals surface area contributed by atoms with Crippen LogP contribution in [0.3, 0.4) is 0 Å². The third-order valence-electron chi connectivity index (χ3n) is 4.99. The largest absolute Gasteiger partial charge is 0.338 e. The van der Waals surface area contributed by atoms with Crippen LogP contribution in [0.5, 0.6) is 0 Å². The Morgan fingerprint density at radius 2 is 2.00 bits per heavy atom. The van der Waals surface area contributed by atoms with Gasteiger partial charge in [-0.1, -0.05) is 20.8 Å². The molecular formula is C19H26ClFN4O. The number of nitrogens with zero attached hydrogens (tertiary/aromatic N) is 3. The standard InChI is InChI=1S/C19H25FN4O.ClH/c1-13(2)17-16(18(25)23-9-8-19(3,11-21)12-23)10-22-24(17)15-6-4-14(20)5-7-15;/h4-7,10,13H,8-9,11-12,21H2,1-3H3;1H. The number of amides is 1. The van der Waals surface area contributed by atoms with E-state index in [-0.39, 0.29) is 35.5 Å². The van der Waals surface area contributed by atoms with Gasteiger partial charge in [-0.15, -0.1) is 12.4 Å². The Morgan fingerprint density at radius 1 is 1.35 bits per heavy atom. The molecule has 0 bridgehead atoms. The Hall–Kier alpha value is -1.92. The van der Waals surface area contributed by atoms with Crippen molar-refractivity contribution in [1.82, 2.24) is 14.7 Å². The van der Waals surface area contributed by atoms with Gasteiger partial charge in [0.2, 0.25) is 0 Å². The Bertz CT molecular complexity index is 774. The third-order valence-corrected chi connectivity index (χ3v) is 4.99. The molecule has 2 heterocycles. The minimum Gasteiger partial charge on any atom is -0.338 e. The van der Waals surface area contributed by atoms with Gasteiger partial charge in [-0.05, 0) is 48.6 Å². The average molecular weight is 381 g/mol. The Labute approximate surface area is 159 Å². The minimum atomic E-state index is -0.295. The molecule has 0 spiro atoms. The molecule has 1 unspecified atom stereocenters. The monoisotopic (exact) mass is 380 g/mol. The fourth-order valence-electron chi connectivity index (χ4n) is 3.40. The summed E-state index contributed by atoms with van der Waals surface area (Å²) in [5.74, 6) is -0.194. The Morgan fingerprint density at radius 3 is 2.54 bits per heavy atom. The van der Waals surface area contributed by atoms with E-state index in [2.05, 4.69) is 12.0 Å². The molecule has 1 aliphatic rings. The molecule has 3 rings (SSSR count). The topological polar surface area (TPSA) is 64.2 Å². The summed E-state index contributed by atoms with van der Waals surface area (Å²) >= 11 is 0. The molecule has 1 saturated heterocycles. The van der Waals surface area contributed by atoms with Crippen LogP contribution in [0.1, 0.15) is 49.2 Å². The van der Waals surface area contributed by atoms with Crippen molar-refractivity contribution in [1.29, 1.82) is 0 Å². The molecule has 1 atom stereocenters. The number of aromatic nitrogens is 2. The van der Waals surface area contributed by atoms with Crippen LogP contribution in [0.2, 0.25) is 0 Å². The van der Waals surface area contributed by atoms with Crippen molar-refractivity contribution in [3.05, 3.63) is 47.5 Å². The van der Waals surface area contributed by atoms with Crippen LogP contribution in [-0.2, 0) is 0 Å². The zero-order chi connectivity index (χ0) is 18.2. The lowest BCUT2D eigenvalue weighted by Crippen LogP contribution is -2.34. The predicted octanol–water partition coefficient (Wildman–Crippen LogP) is 3.37. The first kappa shape index (κ1) is 20.4. The van der Waals surface area contributed by atoms with Crippen molar-refractivity contribution < 1.29 is 9.18 Å². The fraction of sp³-hybridized carbons (Fsp3) is 0.474. The van der Waals surface area contributed by atoms with Gasteiger partial charge in [0.1, 0.15) is 5.82 Å². The normalized spacial score (nSPS) is 19.7. The van der Waals surface area contributed by atoms with E-state index < -0.39 is 0 Å². The van der Waals surface area contributed by atoms with Crippen molar-refractivity contribution in [3.63, 3.8) is 0 Å². The summed E-state index contributed by atoms with van der Waals surface area (Å²) in [7, 11) is 0. The molecule has 0 saturated carbocycles. The summed E-state index contributed by atoms with van der Waals surface area (Å²) < 4.78 is 14.9. The summed E-state index contributed by atoms with van der Waals surface area (Å²) in [5.41, 5.74) is 8.05. The highest BCUT2D eigenvalue weighted by Crippen LogP contribution is 2.31. The zero-order valence-electron chi connectivity index (χ0n) is 15.4. The Kier molecular flexibility index (Phi) is 6.09. The van der Waals surface area contributed by atoms with E-state index in [1.807, 2.05) is 18.7 Å². The number of rotatable bonds is 4. The lowest BCUT2D eigenvalue weighted by molar-refractivity contribution is 0.0775. The second-order valence-corrected chi connectivity index (χ2v) is 7.48. The summed E-state index contributed by atoms with van der Waals surface area (Å²) in [6.45, 7) is 8.13. The molecule has 0 aliphatic carbocycles. The van der Waals surface area contributed by atoms with Crippen molar-refractivity contribution in [2.75, 3.05) is 19.6 Å².